The molecule has 1 aliphatic rings. The third kappa shape index (κ3) is 4.42. The number of nitrogens with zero attached hydrogens (tertiary/aromatic N) is 3. The molecule has 1 amide bonds. The van der Waals surface area contributed by atoms with Crippen LogP contribution in [0.1, 0.15) is 34.6 Å². The zero-order valence-corrected chi connectivity index (χ0v) is 17.7. The molecule has 0 N–H and O–H groups in total. The SMILES string of the molecule is C[C@@H]1[C@H](C)N(S(=O)(=O)c2cnc(Cl)c(Cl)c2)CCN1C(=O)OC(C)(C)C. The molecule has 0 bridgehead atoms. The van der Waals surface area contributed by atoms with Crippen molar-refractivity contribution in [3.63, 3.8) is 0 Å². The molecular weight excluding hydrogens is 401 g/mol. The second kappa shape index (κ2) is 7.50. The Morgan fingerprint density at radius 1 is 1.23 bits per heavy atom. The van der Waals surface area contributed by atoms with Crippen LogP contribution in [0.2, 0.25) is 10.2 Å². The average Bonchev–Trinajstić information content (AvgIpc) is 2.50. The normalized spacial score (nSPS) is 22.3. The Morgan fingerprint density at radius 2 is 1.85 bits per heavy atom. The van der Waals surface area contributed by atoms with E-state index in [2.05, 4.69) is 4.98 Å². The van der Waals surface area contributed by atoms with Gasteiger partial charge in [0.15, 0.2) is 0 Å². The highest BCUT2D eigenvalue weighted by Crippen LogP contribution is 2.28. The third-order valence-corrected chi connectivity index (χ3v) is 6.85. The van der Waals surface area contributed by atoms with Gasteiger partial charge in [-0.15, -0.1) is 0 Å². The summed E-state index contributed by atoms with van der Waals surface area (Å²) in [7, 11) is -3.82. The van der Waals surface area contributed by atoms with Crippen LogP contribution in [0.5, 0.6) is 0 Å². The largest absolute Gasteiger partial charge is 0.444 e. The molecule has 1 aliphatic heterocycles. The van der Waals surface area contributed by atoms with Crippen molar-refractivity contribution in [2.24, 2.45) is 0 Å². The summed E-state index contributed by atoms with van der Waals surface area (Å²) in [5, 5.41) is 0.114. The van der Waals surface area contributed by atoms with Crippen LogP contribution in [0.3, 0.4) is 0 Å². The highest BCUT2D eigenvalue weighted by molar-refractivity contribution is 7.89. The highest BCUT2D eigenvalue weighted by Gasteiger charge is 2.41. The Balaban J connectivity index is 2.23. The summed E-state index contributed by atoms with van der Waals surface area (Å²) in [6, 6.07) is 0.476. The van der Waals surface area contributed by atoms with Gasteiger partial charge in [-0.05, 0) is 40.7 Å². The van der Waals surface area contributed by atoms with Crippen molar-refractivity contribution >= 4 is 39.3 Å². The summed E-state index contributed by atoms with van der Waals surface area (Å²) in [4.78, 5) is 17.7. The van der Waals surface area contributed by atoms with Gasteiger partial charge in [0, 0.05) is 31.4 Å². The second-order valence-electron chi connectivity index (χ2n) is 7.21. The number of halogens is 2. The molecule has 0 unspecified atom stereocenters. The van der Waals surface area contributed by atoms with Crippen LogP contribution >= 0.6 is 23.2 Å². The molecule has 0 aliphatic carbocycles. The van der Waals surface area contributed by atoms with E-state index in [0.717, 1.165) is 0 Å². The van der Waals surface area contributed by atoms with Crippen LogP contribution in [-0.2, 0) is 14.8 Å². The van der Waals surface area contributed by atoms with Gasteiger partial charge in [-0.1, -0.05) is 23.2 Å². The van der Waals surface area contributed by atoms with Crippen LogP contribution in [0.25, 0.3) is 0 Å². The number of carbonyl (C=O) groups excluding carboxylic acids is 1. The van der Waals surface area contributed by atoms with Crippen molar-refractivity contribution in [1.29, 1.82) is 0 Å². The van der Waals surface area contributed by atoms with Crippen LogP contribution in [0.15, 0.2) is 17.2 Å². The quantitative estimate of drug-likeness (QED) is 0.680. The minimum absolute atomic E-state index is 0.0309. The molecule has 26 heavy (non-hydrogen) atoms. The summed E-state index contributed by atoms with van der Waals surface area (Å²) in [5.41, 5.74) is -0.616. The van der Waals surface area contributed by atoms with Crippen molar-refractivity contribution in [1.82, 2.24) is 14.2 Å². The number of pyridine rings is 1. The molecule has 146 valence electrons. The number of piperazine rings is 1. The number of hydrogen-bond acceptors (Lipinski definition) is 5. The maximum atomic E-state index is 13.0. The summed E-state index contributed by atoms with van der Waals surface area (Å²) >= 11 is 11.7. The molecule has 2 rings (SSSR count). The number of carbonyl (C=O) groups is 1. The first-order chi connectivity index (χ1) is 11.8. The lowest BCUT2D eigenvalue weighted by Gasteiger charge is -2.44. The Bertz CT molecular complexity index is 795. The topological polar surface area (TPSA) is 79.8 Å². The molecule has 7 nitrogen and oxygen atoms in total. The van der Waals surface area contributed by atoms with Gasteiger partial charge in [0.05, 0.1) is 5.02 Å². The monoisotopic (exact) mass is 423 g/mol. The maximum Gasteiger partial charge on any atom is 0.410 e. The standard InChI is InChI=1S/C16H23Cl2N3O4S/c1-10-11(2)21(7-6-20(10)15(22)25-16(3,4)5)26(23,24)12-8-13(17)14(18)19-9-12/h8-11H,6-7H2,1-5H3/t10-,11+/m1/s1. The molecule has 0 spiro atoms. The predicted molar refractivity (Wildman–Crippen MR) is 100 cm³/mol. The minimum Gasteiger partial charge on any atom is -0.444 e. The molecule has 0 aromatic carbocycles. The number of rotatable bonds is 2. The van der Waals surface area contributed by atoms with E-state index in [0.29, 0.717) is 0 Å². The molecular formula is C16H23Cl2N3O4S. The summed E-state index contributed by atoms with van der Waals surface area (Å²) < 4.78 is 32.7. The third-order valence-electron chi connectivity index (χ3n) is 4.21. The molecule has 1 saturated heterocycles. The van der Waals surface area contributed by atoms with Gasteiger partial charge in [0.2, 0.25) is 10.0 Å². The van der Waals surface area contributed by atoms with Gasteiger partial charge in [0.1, 0.15) is 15.6 Å². The fraction of sp³-hybridized carbons (Fsp3) is 0.625. The van der Waals surface area contributed by atoms with Crippen LogP contribution in [0.4, 0.5) is 4.79 Å². The van der Waals surface area contributed by atoms with Gasteiger partial charge in [0.25, 0.3) is 0 Å². The summed E-state index contributed by atoms with van der Waals surface area (Å²) in [6.45, 7) is 9.29. The van der Waals surface area contributed by atoms with E-state index in [1.165, 1.54) is 16.6 Å². The number of aromatic nitrogens is 1. The van der Waals surface area contributed by atoms with E-state index in [4.69, 9.17) is 27.9 Å². The predicted octanol–water partition coefficient (Wildman–Crippen LogP) is 3.41. The van der Waals surface area contributed by atoms with Gasteiger partial charge in [-0.3, -0.25) is 0 Å². The van der Waals surface area contributed by atoms with E-state index < -0.39 is 27.8 Å². The average molecular weight is 424 g/mol. The lowest BCUT2D eigenvalue weighted by molar-refractivity contribution is 0.000104. The summed E-state index contributed by atoms with van der Waals surface area (Å²) in [6.07, 6.45) is 0.728. The number of hydrogen-bond donors (Lipinski definition) is 0. The Hall–Kier alpha value is -1.09. The van der Waals surface area contributed by atoms with Gasteiger partial charge in [-0.25, -0.2) is 18.2 Å². The van der Waals surface area contributed by atoms with Crippen molar-refractivity contribution in [2.45, 2.75) is 57.2 Å². The molecule has 10 heteroatoms. The fourth-order valence-electron chi connectivity index (χ4n) is 2.71. The van der Waals surface area contributed by atoms with Gasteiger partial charge < -0.3 is 9.64 Å². The molecule has 2 atom stereocenters. The molecule has 1 aromatic rings. The molecule has 1 fully saturated rings. The van der Waals surface area contributed by atoms with Gasteiger partial charge >= 0.3 is 6.09 Å². The zero-order valence-electron chi connectivity index (χ0n) is 15.4. The second-order valence-corrected chi connectivity index (χ2v) is 9.87. The first kappa shape index (κ1) is 21.2. The maximum absolute atomic E-state index is 13.0. The van der Waals surface area contributed by atoms with E-state index in [9.17, 15) is 13.2 Å². The smallest absolute Gasteiger partial charge is 0.410 e. The minimum atomic E-state index is -3.82. The zero-order chi connectivity index (χ0) is 19.9. The van der Waals surface area contributed by atoms with Gasteiger partial charge in [-0.2, -0.15) is 4.31 Å². The first-order valence-corrected chi connectivity index (χ1v) is 10.4. The number of ether oxygens (including phenoxy) is 1. The van der Waals surface area contributed by atoms with Crippen LogP contribution in [0, 0.1) is 0 Å². The molecule has 0 saturated carbocycles. The van der Waals surface area contributed by atoms with Crippen LogP contribution < -0.4 is 0 Å². The van der Waals surface area contributed by atoms with Crippen molar-refractivity contribution in [2.75, 3.05) is 13.1 Å². The number of amides is 1. The first-order valence-electron chi connectivity index (χ1n) is 8.17. The van der Waals surface area contributed by atoms with Crippen LogP contribution in [-0.4, -0.2) is 59.5 Å². The van der Waals surface area contributed by atoms with E-state index >= 15 is 0 Å². The number of sulfonamides is 1. The summed E-state index contributed by atoms with van der Waals surface area (Å²) in [5.74, 6) is 0. The Kier molecular flexibility index (Phi) is 6.12. The molecule has 0 radical (unpaired) electrons. The van der Waals surface area contributed by atoms with Crippen molar-refractivity contribution in [3.05, 3.63) is 22.4 Å². The Labute approximate surface area is 164 Å². The fourth-order valence-corrected chi connectivity index (χ4v) is 4.71. The lowest BCUT2D eigenvalue weighted by Crippen LogP contribution is -2.60. The molecule has 1 aromatic heterocycles. The van der Waals surface area contributed by atoms with E-state index in [1.54, 1.807) is 39.5 Å². The van der Waals surface area contributed by atoms with Crippen molar-refractivity contribution < 1.29 is 17.9 Å². The van der Waals surface area contributed by atoms with Crippen molar-refractivity contribution in [3.8, 4) is 0 Å². The Morgan fingerprint density at radius 3 is 2.38 bits per heavy atom. The molecule has 2 heterocycles. The van der Waals surface area contributed by atoms with E-state index in [1.807, 2.05) is 0 Å². The lowest BCUT2D eigenvalue weighted by atomic mass is 10.1. The van der Waals surface area contributed by atoms with E-state index in [-0.39, 0.29) is 34.2 Å². The highest BCUT2D eigenvalue weighted by atomic mass is 35.5.